The Morgan fingerprint density at radius 2 is 2.06 bits per heavy atom. The lowest BCUT2D eigenvalue weighted by atomic mass is 10.0. The number of sulfone groups is 1. The van der Waals surface area contributed by atoms with Crippen molar-refractivity contribution < 1.29 is 18.3 Å². The Labute approximate surface area is 100 Å². The Bertz CT molecular complexity index is 536. The van der Waals surface area contributed by atoms with E-state index in [2.05, 4.69) is 0 Å². The van der Waals surface area contributed by atoms with Crippen LogP contribution in [0.4, 0.5) is 0 Å². The van der Waals surface area contributed by atoms with Gasteiger partial charge < -0.3 is 10.8 Å². The molecule has 0 saturated heterocycles. The van der Waals surface area contributed by atoms with Gasteiger partial charge in [0.05, 0.1) is 4.90 Å². The van der Waals surface area contributed by atoms with Crippen LogP contribution in [-0.2, 0) is 21.1 Å². The molecule has 6 heteroatoms. The number of carboxylic acids is 1. The molecule has 0 heterocycles. The zero-order valence-corrected chi connectivity index (χ0v) is 10.5. The van der Waals surface area contributed by atoms with Crippen LogP contribution < -0.4 is 5.73 Å². The lowest BCUT2D eigenvalue weighted by Crippen LogP contribution is -2.32. The number of carboxylic acid groups (broad SMARTS) is 1. The van der Waals surface area contributed by atoms with E-state index in [-0.39, 0.29) is 11.3 Å². The highest BCUT2D eigenvalue weighted by atomic mass is 32.2. The number of carbonyl (C=O) groups is 1. The summed E-state index contributed by atoms with van der Waals surface area (Å²) in [6.07, 6.45) is 1.32. The summed E-state index contributed by atoms with van der Waals surface area (Å²) in [5, 5.41) is 8.68. The third kappa shape index (κ3) is 3.54. The highest BCUT2D eigenvalue weighted by Crippen LogP contribution is 2.17. The minimum atomic E-state index is -3.24. The van der Waals surface area contributed by atoms with E-state index >= 15 is 0 Å². The fourth-order valence-corrected chi connectivity index (χ4v) is 2.55. The zero-order chi connectivity index (χ0) is 13.2. The van der Waals surface area contributed by atoms with Crippen molar-refractivity contribution in [3.63, 3.8) is 0 Å². The van der Waals surface area contributed by atoms with E-state index in [0.717, 1.165) is 6.26 Å². The molecule has 0 bridgehead atoms. The van der Waals surface area contributed by atoms with Crippen LogP contribution in [0.3, 0.4) is 0 Å². The summed E-state index contributed by atoms with van der Waals surface area (Å²) >= 11 is 0. The number of hydrogen-bond donors (Lipinski definition) is 2. The van der Waals surface area contributed by atoms with Crippen molar-refractivity contribution in [2.24, 2.45) is 5.73 Å². The highest BCUT2D eigenvalue weighted by molar-refractivity contribution is 7.90. The van der Waals surface area contributed by atoms with Crippen molar-refractivity contribution in [3.05, 3.63) is 29.3 Å². The van der Waals surface area contributed by atoms with Gasteiger partial charge in [-0.25, -0.2) is 8.42 Å². The Balaban J connectivity index is 3.02. The van der Waals surface area contributed by atoms with Crippen molar-refractivity contribution in [3.8, 4) is 0 Å². The molecule has 0 aromatic heterocycles. The first-order valence-corrected chi connectivity index (χ1v) is 6.89. The van der Waals surface area contributed by atoms with E-state index in [9.17, 15) is 13.2 Å². The van der Waals surface area contributed by atoms with Gasteiger partial charge in [0.15, 0.2) is 9.84 Å². The molecule has 0 amide bonds. The summed E-state index contributed by atoms with van der Waals surface area (Å²) < 4.78 is 22.8. The maximum absolute atomic E-state index is 11.4. The average molecular weight is 257 g/mol. The van der Waals surface area contributed by atoms with Crippen LogP contribution in [0.1, 0.15) is 11.1 Å². The van der Waals surface area contributed by atoms with E-state index in [1.807, 2.05) is 0 Å². The van der Waals surface area contributed by atoms with Crippen molar-refractivity contribution in [2.75, 3.05) is 6.26 Å². The first-order chi connectivity index (χ1) is 7.71. The van der Waals surface area contributed by atoms with E-state index in [1.54, 1.807) is 19.1 Å². The van der Waals surface area contributed by atoms with Gasteiger partial charge in [0.2, 0.25) is 0 Å². The molecule has 0 radical (unpaired) electrons. The Kier molecular flexibility index (Phi) is 3.90. The summed E-state index contributed by atoms with van der Waals surface area (Å²) in [7, 11) is -3.24. The predicted octanol–water partition coefficient (Wildman–Crippen LogP) is 0.353. The summed E-state index contributed by atoms with van der Waals surface area (Å²) in [5.74, 6) is -1.07. The standard InChI is InChI=1S/C11H15NO4S/c1-7-5-8(6-9(12)11(13)14)3-4-10(7)17(2,15)16/h3-5,9H,6,12H2,1-2H3,(H,13,14). The first kappa shape index (κ1) is 13.7. The van der Waals surface area contributed by atoms with E-state index in [0.29, 0.717) is 11.1 Å². The highest BCUT2D eigenvalue weighted by Gasteiger charge is 2.15. The van der Waals surface area contributed by atoms with Gasteiger partial charge in [-0.2, -0.15) is 0 Å². The second-order valence-electron chi connectivity index (χ2n) is 4.02. The van der Waals surface area contributed by atoms with Crippen LogP contribution in [0.2, 0.25) is 0 Å². The maximum Gasteiger partial charge on any atom is 0.320 e. The molecule has 1 unspecified atom stereocenters. The fourth-order valence-electron chi connectivity index (χ4n) is 1.60. The molecule has 0 aliphatic heterocycles. The summed E-state index contributed by atoms with van der Waals surface area (Å²) in [6.45, 7) is 1.67. The number of aryl methyl sites for hydroxylation is 1. The molecular formula is C11H15NO4S. The van der Waals surface area contributed by atoms with Crippen LogP contribution in [0.5, 0.6) is 0 Å². The van der Waals surface area contributed by atoms with Gasteiger partial charge in [-0.05, 0) is 30.5 Å². The number of hydrogen-bond acceptors (Lipinski definition) is 4. The van der Waals surface area contributed by atoms with Crippen LogP contribution in [-0.4, -0.2) is 31.8 Å². The molecule has 1 atom stereocenters. The van der Waals surface area contributed by atoms with Crippen LogP contribution in [0.15, 0.2) is 23.1 Å². The predicted molar refractivity (Wildman–Crippen MR) is 63.6 cm³/mol. The molecule has 5 nitrogen and oxygen atoms in total. The molecule has 1 aromatic carbocycles. The Morgan fingerprint density at radius 3 is 2.47 bits per heavy atom. The number of nitrogens with two attached hydrogens (primary N) is 1. The maximum atomic E-state index is 11.4. The molecule has 0 saturated carbocycles. The van der Waals surface area contributed by atoms with Crippen molar-refractivity contribution >= 4 is 15.8 Å². The monoisotopic (exact) mass is 257 g/mol. The molecule has 94 valence electrons. The van der Waals surface area contributed by atoms with Gasteiger partial charge in [-0.15, -0.1) is 0 Å². The fraction of sp³-hybridized carbons (Fsp3) is 0.364. The zero-order valence-electron chi connectivity index (χ0n) is 9.67. The molecule has 17 heavy (non-hydrogen) atoms. The molecule has 1 rings (SSSR count). The molecular weight excluding hydrogens is 242 g/mol. The number of rotatable bonds is 4. The van der Waals surface area contributed by atoms with Gasteiger partial charge >= 0.3 is 5.97 Å². The lowest BCUT2D eigenvalue weighted by molar-refractivity contribution is -0.138. The largest absolute Gasteiger partial charge is 0.480 e. The Morgan fingerprint density at radius 1 is 1.47 bits per heavy atom. The average Bonchev–Trinajstić information content (AvgIpc) is 2.15. The van der Waals surface area contributed by atoms with E-state index in [1.165, 1.54) is 6.07 Å². The molecule has 0 spiro atoms. The molecule has 1 aromatic rings. The van der Waals surface area contributed by atoms with Gasteiger partial charge in [0.1, 0.15) is 6.04 Å². The van der Waals surface area contributed by atoms with Gasteiger partial charge in [0.25, 0.3) is 0 Å². The minimum absolute atomic E-state index is 0.181. The Hall–Kier alpha value is -1.40. The van der Waals surface area contributed by atoms with Crippen molar-refractivity contribution in [2.45, 2.75) is 24.3 Å². The minimum Gasteiger partial charge on any atom is -0.480 e. The number of benzene rings is 1. The SMILES string of the molecule is Cc1cc(CC(N)C(=O)O)ccc1S(C)(=O)=O. The normalized spacial score (nSPS) is 13.4. The van der Waals surface area contributed by atoms with Crippen LogP contribution >= 0.6 is 0 Å². The first-order valence-electron chi connectivity index (χ1n) is 5.00. The van der Waals surface area contributed by atoms with Gasteiger partial charge in [-0.1, -0.05) is 12.1 Å². The van der Waals surface area contributed by atoms with Gasteiger partial charge in [-0.3, -0.25) is 4.79 Å². The van der Waals surface area contributed by atoms with E-state index < -0.39 is 21.8 Å². The smallest absolute Gasteiger partial charge is 0.320 e. The lowest BCUT2D eigenvalue weighted by Gasteiger charge is -2.09. The van der Waals surface area contributed by atoms with E-state index in [4.69, 9.17) is 10.8 Å². The summed E-state index contributed by atoms with van der Waals surface area (Å²) in [6, 6.07) is 3.75. The van der Waals surface area contributed by atoms with Crippen molar-refractivity contribution in [1.82, 2.24) is 0 Å². The number of aliphatic carboxylic acids is 1. The third-order valence-electron chi connectivity index (χ3n) is 2.41. The van der Waals surface area contributed by atoms with Crippen LogP contribution in [0, 0.1) is 6.92 Å². The topological polar surface area (TPSA) is 97.5 Å². The van der Waals surface area contributed by atoms with Crippen LogP contribution in [0.25, 0.3) is 0 Å². The summed E-state index contributed by atoms with van der Waals surface area (Å²) in [4.78, 5) is 10.8. The molecule has 0 aliphatic carbocycles. The third-order valence-corrected chi connectivity index (χ3v) is 3.67. The quantitative estimate of drug-likeness (QED) is 0.811. The van der Waals surface area contributed by atoms with Crippen molar-refractivity contribution in [1.29, 1.82) is 0 Å². The summed E-state index contributed by atoms with van der Waals surface area (Å²) in [5.41, 5.74) is 6.72. The van der Waals surface area contributed by atoms with Gasteiger partial charge in [0, 0.05) is 6.26 Å². The molecule has 0 fully saturated rings. The molecule has 3 N–H and O–H groups in total. The second kappa shape index (κ2) is 4.85. The second-order valence-corrected chi connectivity index (χ2v) is 6.01. The molecule has 0 aliphatic rings.